The summed E-state index contributed by atoms with van der Waals surface area (Å²) in [6.45, 7) is 0.0690. The quantitative estimate of drug-likeness (QED) is 0.765. The topological polar surface area (TPSA) is 42.3 Å². The number of hydrogen-bond acceptors (Lipinski definition) is 4. The zero-order valence-corrected chi connectivity index (χ0v) is 9.26. The second-order valence-corrected chi connectivity index (χ2v) is 4.07. The molecule has 0 spiro atoms. The van der Waals surface area contributed by atoms with Crippen molar-refractivity contribution < 1.29 is 0 Å². The van der Waals surface area contributed by atoms with E-state index in [4.69, 9.17) is 11.6 Å². The summed E-state index contributed by atoms with van der Waals surface area (Å²) in [5.41, 5.74) is 1.73. The highest BCUT2D eigenvalue weighted by molar-refractivity contribution is 7.10. The Bertz CT molecular complexity index is 470. The Balaban J connectivity index is 2.49. The lowest BCUT2D eigenvalue weighted by atomic mass is 10.1. The van der Waals surface area contributed by atoms with Crippen molar-refractivity contribution in [3.8, 4) is 10.4 Å². The van der Waals surface area contributed by atoms with Crippen LogP contribution in [0.2, 0.25) is 5.15 Å². The summed E-state index contributed by atoms with van der Waals surface area (Å²) in [6.07, 6.45) is 0. The first-order valence-electron chi connectivity index (χ1n) is 4.31. The van der Waals surface area contributed by atoms with E-state index >= 15 is 0 Å². The van der Waals surface area contributed by atoms with Gasteiger partial charge in [-0.1, -0.05) is 47.1 Å². The number of aromatic nitrogens is 1. The van der Waals surface area contributed by atoms with Crippen LogP contribution in [-0.4, -0.2) is 4.37 Å². The number of halogens is 1. The molecule has 1 aromatic heterocycles. The van der Waals surface area contributed by atoms with E-state index in [2.05, 4.69) is 9.55 Å². The lowest BCUT2D eigenvalue weighted by Crippen LogP contribution is -1.82. The fourth-order valence-electron chi connectivity index (χ4n) is 1.31. The SMILES string of the molecule is O=NCc1c(Cl)nsc1-c1ccccc1. The summed E-state index contributed by atoms with van der Waals surface area (Å²) >= 11 is 7.16. The molecule has 1 aromatic carbocycles. The van der Waals surface area contributed by atoms with Gasteiger partial charge in [0.25, 0.3) is 0 Å². The normalized spacial score (nSPS) is 10.2. The standard InChI is InChI=1S/C10H7ClN2OS/c11-10-8(6-12-14)9(15-13-10)7-4-2-1-3-5-7/h1-5H,6H2. The van der Waals surface area contributed by atoms with Crippen LogP contribution in [0.5, 0.6) is 0 Å². The first-order chi connectivity index (χ1) is 7.33. The first kappa shape index (κ1) is 10.3. The van der Waals surface area contributed by atoms with E-state index in [1.54, 1.807) is 0 Å². The van der Waals surface area contributed by atoms with Gasteiger partial charge in [0.15, 0.2) is 0 Å². The largest absolute Gasteiger partial charge is 0.180 e. The summed E-state index contributed by atoms with van der Waals surface area (Å²) < 4.78 is 4.02. The van der Waals surface area contributed by atoms with E-state index in [1.165, 1.54) is 11.5 Å². The molecule has 0 aliphatic carbocycles. The molecule has 0 radical (unpaired) electrons. The van der Waals surface area contributed by atoms with Crippen LogP contribution in [-0.2, 0) is 6.54 Å². The third kappa shape index (κ3) is 2.06. The zero-order chi connectivity index (χ0) is 10.7. The van der Waals surface area contributed by atoms with Gasteiger partial charge in [-0.3, -0.25) is 0 Å². The van der Waals surface area contributed by atoms with Gasteiger partial charge in [-0.2, -0.15) is 9.28 Å². The van der Waals surface area contributed by atoms with Crippen LogP contribution >= 0.6 is 23.1 Å². The second kappa shape index (κ2) is 4.51. The molecule has 15 heavy (non-hydrogen) atoms. The fraction of sp³-hybridized carbons (Fsp3) is 0.100. The molecule has 1 heterocycles. The van der Waals surface area contributed by atoms with Crippen molar-refractivity contribution in [3.63, 3.8) is 0 Å². The Labute approximate surface area is 95.9 Å². The molecule has 0 saturated carbocycles. The molecule has 0 saturated heterocycles. The van der Waals surface area contributed by atoms with E-state index in [1.807, 2.05) is 30.3 Å². The van der Waals surface area contributed by atoms with Crippen molar-refractivity contribution in [1.29, 1.82) is 0 Å². The summed E-state index contributed by atoms with van der Waals surface area (Å²) in [7, 11) is 0. The van der Waals surface area contributed by atoms with E-state index < -0.39 is 0 Å². The van der Waals surface area contributed by atoms with Crippen LogP contribution in [0.1, 0.15) is 5.56 Å². The highest BCUT2D eigenvalue weighted by Gasteiger charge is 2.13. The van der Waals surface area contributed by atoms with E-state index in [0.717, 1.165) is 10.4 Å². The van der Waals surface area contributed by atoms with Gasteiger partial charge in [0.2, 0.25) is 0 Å². The third-order valence-corrected chi connectivity index (χ3v) is 3.35. The number of hydrogen-bond donors (Lipinski definition) is 0. The predicted molar refractivity (Wildman–Crippen MR) is 62.1 cm³/mol. The molecular formula is C10H7ClN2OS. The summed E-state index contributed by atoms with van der Waals surface area (Å²) in [5.74, 6) is 0. The Morgan fingerprint density at radius 3 is 2.73 bits per heavy atom. The van der Waals surface area contributed by atoms with Crippen LogP contribution < -0.4 is 0 Å². The van der Waals surface area contributed by atoms with Crippen molar-refractivity contribution in [2.45, 2.75) is 6.54 Å². The van der Waals surface area contributed by atoms with E-state index in [9.17, 15) is 4.91 Å². The Hall–Kier alpha value is -1.26. The Morgan fingerprint density at radius 2 is 2.07 bits per heavy atom. The maximum Gasteiger partial charge on any atom is 0.148 e. The molecule has 0 aliphatic heterocycles. The molecule has 2 aromatic rings. The van der Waals surface area contributed by atoms with Crippen molar-refractivity contribution >= 4 is 23.1 Å². The molecule has 76 valence electrons. The average Bonchev–Trinajstić information content (AvgIpc) is 2.63. The smallest absolute Gasteiger partial charge is 0.148 e. The van der Waals surface area contributed by atoms with Crippen molar-refractivity contribution in [3.05, 3.63) is 46.0 Å². The maximum atomic E-state index is 10.3. The zero-order valence-electron chi connectivity index (χ0n) is 7.68. The highest BCUT2D eigenvalue weighted by Crippen LogP contribution is 2.33. The van der Waals surface area contributed by atoms with Gasteiger partial charge in [-0.05, 0) is 17.1 Å². The van der Waals surface area contributed by atoms with E-state index in [-0.39, 0.29) is 6.54 Å². The molecule has 5 heteroatoms. The van der Waals surface area contributed by atoms with Crippen LogP contribution in [0.25, 0.3) is 10.4 Å². The summed E-state index contributed by atoms with van der Waals surface area (Å²) in [6, 6.07) is 9.71. The van der Waals surface area contributed by atoms with Crippen LogP contribution in [0.15, 0.2) is 35.5 Å². The minimum atomic E-state index is 0.0690. The fourth-order valence-corrected chi connectivity index (χ4v) is 2.42. The number of rotatable bonds is 3. The predicted octanol–water partition coefficient (Wildman–Crippen LogP) is 3.73. The van der Waals surface area contributed by atoms with Gasteiger partial charge in [0, 0.05) is 5.56 Å². The second-order valence-electron chi connectivity index (χ2n) is 2.93. The highest BCUT2D eigenvalue weighted by atomic mass is 35.5. The lowest BCUT2D eigenvalue weighted by molar-refractivity contribution is 1.06. The van der Waals surface area contributed by atoms with Crippen LogP contribution in [0.3, 0.4) is 0 Å². The average molecular weight is 239 g/mol. The monoisotopic (exact) mass is 238 g/mol. The van der Waals surface area contributed by atoms with Gasteiger partial charge in [-0.25, -0.2) is 0 Å². The Kier molecular flexibility index (Phi) is 3.08. The number of nitroso groups, excluding NO2 is 1. The molecule has 0 amide bonds. The molecule has 0 atom stereocenters. The molecular weight excluding hydrogens is 232 g/mol. The summed E-state index contributed by atoms with van der Waals surface area (Å²) in [4.78, 5) is 11.2. The van der Waals surface area contributed by atoms with Crippen molar-refractivity contribution in [2.24, 2.45) is 5.18 Å². The minimum absolute atomic E-state index is 0.0690. The van der Waals surface area contributed by atoms with Gasteiger partial charge >= 0.3 is 0 Å². The summed E-state index contributed by atoms with van der Waals surface area (Å²) in [5, 5.41) is 3.23. The minimum Gasteiger partial charge on any atom is -0.180 e. The van der Waals surface area contributed by atoms with Crippen LogP contribution in [0.4, 0.5) is 0 Å². The molecule has 3 nitrogen and oxygen atoms in total. The Morgan fingerprint density at radius 1 is 1.33 bits per heavy atom. The molecule has 0 fully saturated rings. The number of benzene rings is 1. The van der Waals surface area contributed by atoms with Gasteiger partial charge < -0.3 is 0 Å². The third-order valence-electron chi connectivity index (χ3n) is 2.00. The lowest BCUT2D eigenvalue weighted by Gasteiger charge is -1.98. The molecule has 0 bridgehead atoms. The van der Waals surface area contributed by atoms with Gasteiger partial charge in [0.1, 0.15) is 11.7 Å². The number of nitrogens with zero attached hydrogens (tertiary/aromatic N) is 2. The molecule has 0 aliphatic rings. The molecule has 2 rings (SSSR count). The van der Waals surface area contributed by atoms with Gasteiger partial charge in [0.05, 0.1) is 4.88 Å². The first-order valence-corrected chi connectivity index (χ1v) is 5.46. The van der Waals surface area contributed by atoms with Crippen molar-refractivity contribution in [2.75, 3.05) is 0 Å². The van der Waals surface area contributed by atoms with E-state index in [0.29, 0.717) is 10.7 Å². The molecule has 0 N–H and O–H groups in total. The van der Waals surface area contributed by atoms with Crippen molar-refractivity contribution in [1.82, 2.24) is 4.37 Å². The van der Waals surface area contributed by atoms with Gasteiger partial charge in [-0.15, -0.1) is 0 Å². The maximum absolute atomic E-state index is 10.3. The van der Waals surface area contributed by atoms with Crippen LogP contribution in [0, 0.1) is 4.91 Å². The molecule has 0 unspecified atom stereocenters.